The van der Waals surface area contributed by atoms with Gasteiger partial charge in [0.15, 0.2) is 0 Å². The molecule has 1 aliphatic heterocycles. The van der Waals surface area contributed by atoms with Crippen molar-refractivity contribution in [2.24, 2.45) is 5.92 Å². The van der Waals surface area contributed by atoms with Gasteiger partial charge in [-0.3, -0.25) is 0 Å². The van der Waals surface area contributed by atoms with E-state index in [-0.39, 0.29) is 6.04 Å². The molecule has 1 aliphatic rings. The summed E-state index contributed by atoms with van der Waals surface area (Å²) in [6, 6.07) is 6.97. The maximum absolute atomic E-state index is 12.4. The number of hydrogen-bond donors (Lipinski definition) is 2. The van der Waals surface area contributed by atoms with Gasteiger partial charge in [-0.2, -0.15) is 0 Å². The largest absolute Gasteiger partial charge is 0.384 e. The Morgan fingerprint density at radius 1 is 1.33 bits per heavy atom. The first-order chi connectivity index (χ1) is 9.88. The maximum atomic E-state index is 12.4. The average Bonchev–Trinajstić information content (AvgIpc) is 2.81. The molecule has 0 aliphatic carbocycles. The number of benzene rings is 1. The summed E-state index contributed by atoms with van der Waals surface area (Å²) in [6.07, 6.45) is 1.16. The van der Waals surface area contributed by atoms with Gasteiger partial charge in [0.2, 0.25) is 10.0 Å². The molecule has 6 heteroatoms. The fraction of sp³-hybridized carbons (Fsp3) is 0.600. The van der Waals surface area contributed by atoms with Gasteiger partial charge in [0, 0.05) is 19.1 Å². The summed E-state index contributed by atoms with van der Waals surface area (Å²) in [6.45, 7) is 6.62. The summed E-state index contributed by atoms with van der Waals surface area (Å²) in [5.74, 6) is 0.573. The van der Waals surface area contributed by atoms with Gasteiger partial charge in [0.25, 0.3) is 0 Å². The van der Waals surface area contributed by atoms with E-state index >= 15 is 0 Å². The van der Waals surface area contributed by atoms with Gasteiger partial charge in [0.1, 0.15) is 4.90 Å². The SMILES string of the molecule is CC(C)NS(=O)(=O)c1ccccc1NCC1CCN(C)C1. The minimum absolute atomic E-state index is 0.119. The van der Waals surface area contributed by atoms with Crippen LogP contribution in [0.25, 0.3) is 0 Å². The first kappa shape index (κ1) is 16.3. The van der Waals surface area contributed by atoms with Crippen LogP contribution in [0.15, 0.2) is 29.2 Å². The fourth-order valence-corrected chi connectivity index (χ4v) is 4.10. The summed E-state index contributed by atoms with van der Waals surface area (Å²) in [7, 11) is -1.35. The molecular formula is C15H25N3O2S. The molecule has 1 fully saturated rings. The number of likely N-dealkylation sites (tertiary alicyclic amines) is 1. The monoisotopic (exact) mass is 311 g/mol. The molecule has 1 heterocycles. The molecule has 0 saturated carbocycles. The van der Waals surface area contributed by atoms with Crippen molar-refractivity contribution in [2.75, 3.05) is 32.0 Å². The molecule has 1 atom stereocenters. The quantitative estimate of drug-likeness (QED) is 0.840. The van der Waals surface area contributed by atoms with E-state index in [2.05, 4.69) is 22.0 Å². The second-order valence-corrected chi connectivity index (χ2v) is 7.75. The lowest BCUT2D eigenvalue weighted by Gasteiger charge is -2.17. The average molecular weight is 311 g/mol. The van der Waals surface area contributed by atoms with E-state index in [1.807, 2.05) is 26.0 Å². The van der Waals surface area contributed by atoms with E-state index in [0.717, 1.165) is 26.1 Å². The van der Waals surface area contributed by atoms with Crippen LogP contribution < -0.4 is 10.0 Å². The van der Waals surface area contributed by atoms with Gasteiger partial charge in [-0.25, -0.2) is 13.1 Å². The lowest BCUT2D eigenvalue weighted by atomic mass is 10.1. The van der Waals surface area contributed by atoms with Crippen LogP contribution >= 0.6 is 0 Å². The van der Waals surface area contributed by atoms with Crippen LogP contribution in [0, 0.1) is 5.92 Å². The van der Waals surface area contributed by atoms with Crippen LogP contribution in [0.5, 0.6) is 0 Å². The Kier molecular flexibility index (Phi) is 5.24. The number of nitrogens with one attached hydrogen (secondary N) is 2. The minimum atomic E-state index is -3.47. The molecule has 118 valence electrons. The Labute approximate surface area is 127 Å². The van der Waals surface area contributed by atoms with Crippen LogP contribution in [-0.4, -0.2) is 46.0 Å². The van der Waals surface area contributed by atoms with Crippen molar-refractivity contribution < 1.29 is 8.42 Å². The molecule has 0 spiro atoms. The molecule has 5 nitrogen and oxygen atoms in total. The Morgan fingerprint density at radius 2 is 2.05 bits per heavy atom. The summed E-state index contributed by atoms with van der Waals surface area (Å²) in [5.41, 5.74) is 0.681. The number of para-hydroxylation sites is 1. The summed E-state index contributed by atoms with van der Waals surface area (Å²) in [5, 5.41) is 3.31. The van der Waals surface area contributed by atoms with Crippen molar-refractivity contribution in [3.8, 4) is 0 Å². The van der Waals surface area contributed by atoms with Crippen LogP contribution in [0.2, 0.25) is 0 Å². The van der Waals surface area contributed by atoms with Gasteiger partial charge in [0.05, 0.1) is 5.69 Å². The normalized spacial score (nSPS) is 20.1. The molecule has 0 radical (unpaired) electrons. The highest BCUT2D eigenvalue weighted by Crippen LogP contribution is 2.22. The Morgan fingerprint density at radius 3 is 2.67 bits per heavy atom. The first-order valence-corrected chi connectivity index (χ1v) is 8.90. The minimum Gasteiger partial charge on any atom is -0.384 e. The molecule has 0 aromatic heterocycles. The maximum Gasteiger partial charge on any atom is 0.242 e. The summed E-state index contributed by atoms with van der Waals surface area (Å²) in [4.78, 5) is 2.63. The topological polar surface area (TPSA) is 61.4 Å². The fourth-order valence-electron chi connectivity index (χ4n) is 2.67. The molecule has 1 saturated heterocycles. The first-order valence-electron chi connectivity index (χ1n) is 7.42. The molecule has 0 bridgehead atoms. The third kappa shape index (κ3) is 4.43. The number of rotatable bonds is 6. The van der Waals surface area contributed by atoms with Crippen molar-refractivity contribution >= 4 is 15.7 Å². The van der Waals surface area contributed by atoms with E-state index in [1.165, 1.54) is 0 Å². The van der Waals surface area contributed by atoms with E-state index in [4.69, 9.17) is 0 Å². The van der Waals surface area contributed by atoms with Crippen LogP contribution in [0.4, 0.5) is 5.69 Å². The zero-order chi connectivity index (χ0) is 15.5. The van der Waals surface area contributed by atoms with Crippen molar-refractivity contribution in [3.05, 3.63) is 24.3 Å². The van der Waals surface area contributed by atoms with Crippen LogP contribution in [-0.2, 0) is 10.0 Å². The molecule has 2 N–H and O–H groups in total. The van der Waals surface area contributed by atoms with E-state index < -0.39 is 10.0 Å². The predicted octanol–water partition coefficient (Wildman–Crippen LogP) is 1.74. The van der Waals surface area contributed by atoms with Gasteiger partial charge in [-0.05, 0) is 51.9 Å². The predicted molar refractivity (Wildman–Crippen MR) is 86.0 cm³/mol. The molecule has 2 rings (SSSR count). The van der Waals surface area contributed by atoms with Crippen molar-refractivity contribution in [1.29, 1.82) is 0 Å². The number of hydrogen-bond acceptors (Lipinski definition) is 4. The van der Waals surface area contributed by atoms with Crippen molar-refractivity contribution in [2.45, 2.75) is 31.2 Å². The lowest BCUT2D eigenvalue weighted by molar-refractivity contribution is 0.399. The Balaban J connectivity index is 2.10. The van der Waals surface area contributed by atoms with Crippen molar-refractivity contribution in [3.63, 3.8) is 0 Å². The van der Waals surface area contributed by atoms with Gasteiger partial charge >= 0.3 is 0 Å². The van der Waals surface area contributed by atoms with Gasteiger partial charge in [-0.15, -0.1) is 0 Å². The molecular weight excluding hydrogens is 286 g/mol. The summed E-state index contributed by atoms with van der Waals surface area (Å²) < 4.78 is 27.3. The van der Waals surface area contributed by atoms with E-state index in [0.29, 0.717) is 16.5 Å². The molecule has 1 aromatic carbocycles. The third-order valence-corrected chi connectivity index (χ3v) is 5.35. The zero-order valence-corrected chi connectivity index (χ0v) is 13.8. The van der Waals surface area contributed by atoms with Crippen LogP contribution in [0.3, 0.4) is 0 Å². The smallest absolute Gasteiger partial charge is 0.242 e. The lowest BCUT2D eigenvalue weighted by Crippen LogP contribution is -2.31. The second kappa shape index (κ2) is 6.77. The van der Waals surface area contributed by atoms with E-state index in [1.54, 1.807) is 12.1 Å². The van der Waals surface area contributed by atoms with E-state index in [9.17, 15) is 8.42 Å². The molecule has 1 aromatic rings. The zero-order valence-electron chi connectivity index (χ0n) is 13.0. The van der Waals surface area contributed by atoms with Crippen LogP contribution in [0.1, 0.15) is 20.3 Å². The number of anilines is 1. The van der Waals surface area contributed by atoms with Gasteiger partial charge in [-0.1, -0.05) is 12.1 Å². The Hall–Kier alpha value is -1.11. The number of nitrogens with zero attached hydrogens (tertiary/aromatic N) is 1. The summed E-state index contributed by atoms with van der Waals surface area (Å²) >= 11 is 0. The van der Waals surface area contributed by atoms with Gasteiger partial charge < -0.3 is 10.2 Å². The molecule has 21 heavy (non-hydrogen) atoms. The van der Waals surface area contributed by atoms with Crippen molar-refractivity contribution in [1.82, 2.24) is 9.62 Å². The molecule has 1 unspecified atom stereocenters. The highest BCUT2D eigenvalue weighted by molar-refractivity contribution is 7.89. The standard InChI is InChI=1S/C15H25N3O2S/c1-12(2)17-21(19,20)15-7-5-4-6-14(15)16-10-13-8-9-18(3)11-13/h4-7,12-13,16-17H,8-11H2,1-3H3. The highest BCUT2D eigenvalue weighted by Gasteiger charge is 2.22. The number of sulfonamides is 1. The second-order valence-electron chi connectivity index (χ2n) is 6.07. The highest BCUT2D eigenvalue weighted by atomic mass is 32.2. The molecule has 0 amide bonds. The Bertz CT molecular complexity index is 572. The third-order valence-electron chi connectivity index (χ3n) is 3.64.